The molecule has 0 unspecified atom stereocenters. The standard InChI is InChI=1S/C16H12ClFN2O/c1-20-14-9-11(17)7-6-10(14)8-15(20)16(21)19-13-5-3-2-4-12(13)18/h2-9H,1H3,(H,19,21). The second-order valence-electron chi connectivity index (χ2n) is 4.73. The van der Waals surface area contributed by atoms with Crippen LogP contribution < -0.4 is 5.32 Å². The summed E-state index contributed by atoms with van der Waals surface area (Å²) in [6, 6.07) is 13.2. The maximum atomic E-state index is 13.6. The predicted octanol–water partition coefficient (Wildman–Crippen LogP) is 4.22. The maximum absolute atomic E-state index is 13.6. The number of para-hydroxylation sites is 1. The molecule has 0 spiro atoms. The first kappa shape index (κ1) is 13.6. The number of aromatic nitrogens is 1. The molecular formula is C16H12ClFN2O. The molecule has 0 atom stereocenters. The molecule has 0 radical (unpaired) electrons. The summed E-state index contributed by atoms with van der Waals surface area (Å²) in [4.78, 5) is 12.3. The first-order valence-electron chi connectivity index (χ1n) is 6.37. The van der Waals surface area contributed by atoms with E-state index in [4.69, 9.17) is 11.6 Å². The fourth-order valence-corrected chi connectivity index (χ4v) is 2.44. The summed E-state index contributed by atoms with van der Waals surface area (Å²) in [5, 5.41) is 4.08. The highest BCUT2D eigenvalue weighted by molar-refractivity contribution is 6.31. The zero-order valence-electron chi connectivity index (χ0n) is 11.2. The molecule has 3 rings (SSSR count). The van der Waals surface area contributed by atoms with Gasteiger partial charge in [-0.2, -0.15) is 0 Å². The van der Waals surface area contributed by atoms with Crippen molar-refractivity contribution < 1.29 is 9.18 Å². The average molecular weight is 303 g/mol. The highest BCUT2D eigenvalue weighted by atomic mass is 35.5. The highest BCUT2D eigenvalue weighted by Crippen LogP contribution is 2.23. The van der Waals surface area contributed by atoms with Gasteiger partial charge in [-0.25, -0.2) is 4.39 Å². The number of carbonyl (C=O) groups excluding carboxylic acids is 1. The number of anilines is 1. The molecule has 1 N–H and O–H groups in total. The van der Waals surface area contributed by atoms with Gasteiger partial charge in [-0.3, -0.25) is 4.79 Å². The van der Waals surface area contributed by atoms with Crippen LogP contribution in [0.15, 0.2) is 48.5 Å². The monoisotopic (exact) mass is 302 g/mol. The molecule has 3 nitrogen and oxygen atoms in total. The van der Waals surface area contributed by atoms with Gasteiger partial charge in [0.2, 0.25) is 0 Å². The fourth-order valence-electron chi connectivity index (χ4n) is 2.27. The molecule has 1 aromatic heterocycles. The van der Waals surface area contributed by atoms with Crippen LogP contribution in [0.1, 0.15) is 10.5 Å². The number of benzene rings is 2. The van der Waals surface area contributed by atoms with Gasteiger partial charge in [0.25, 0.3) is 5.91 Å². The Bertz CT molecular complexity index is 841. The third-order valence-corrected chi connectivity index (χ3v) is 3.60. The van der Waals surface area contributed by atoms with Crippen LogP contribution in [-0.2, 0) is 7.05 Å². The van der Waals surface area contributed by atoms with Gasteiger partial charge in [0.15, 0.2) is 0 Å². The molecule has 2 aromatic carbocycles. The van der Waals surface area contributed by atoms with Gasteiger partial charge in [0.1, 0.15) is 11.5 Å². The zero-order chi connectivity index (χ0) is 15.0. The van der Waals surface area contributed by atoms with E-state index in [1.54, 1.807) is 41.9 Å². The van der Waals surface area contributed by atoms with Crippen molar-refractivity contribution in [3.8, 4) is 0 Å². The summed E-state index contributed by atoms with van der Waals surface area (Å²) >= 11 is 5.97. The van der Waals surface area contributed by atoms with Crippen LogP contribution in [0.25, 0.3) is 10.9 Å². The molecule has 0 bridgehead atoms. The number of halogens is 2. The number of nitrogens with one attached hydrogen (secondary N) is 1. The van der Waals surface area contributed by atoms with Crippen molar-refractivity contribution in [2.45, 2.75) is 0 Å². The number of fused-ring (bicyclic) bond motifs is 1. The Hall–Kier alpha value is -2.33. The predicted molar refractivity (Wildman–Crippen MR) is 82.3 cm³/mol. The van der Waals surface area contributed by atoms with Crippen LogP contribution in [0.2, 0.25) is 5.02 Å². The average Bonchev–Trinajstić information content (AvgIpc) is 2.79. The van der Waals surface area contributed by atoms with E-state index in [2.05, 4.69) is 5.32 Å². The topological polar surface area (TPSA) is 34.0 Å². The van der Waals surface area contributed by atoms with E-state index in [9.17, 15) is 9.18 Å². The molecule has 0 aliphatic rings. The quantitative estimate of drug-likeness (QED) is 0.755. The van der Waals surface area contributed by atoms with Crippen LogP contribution >= 0.6 is 11.6 Å². The number of rotatable bonds is 2. The number of carbonyl (C=O) groups is 1. The minimum absolute atomic E-state index is 0.158. The Morgan fingerprint density at radius 1 is 1.19 bits per heavy atom. The van der Waals surface area contributed by atoms with Crippen molar-refractivity contribution in [1.82, 2.24) is 4.57 Å². The molecule has 0 saturated heterocycles. The molecule has 1 amide bonds. The molecule has 5 heteroatoms. The van der Waals surface area contributed by atoms with Crippen molar-refractivity contribution in [3.63, 3.8) is 0 Å². The van der Waals surface area contributed by atoms with Crippen molar-refractivity contribution in [1.29, 1.82) is 0 Å². The van der Waals surface area contributed by atoms with Gasteiger partial charge < -0.3 is 9.88 Å². The van der Waals surface area contributed by atoms with Crippen molar-refractivity contribution in [3.05, 3.63) is 65.1 Å². The van der Waals surface area contributed by atoms with E-state index >= 15 is 0 Å². The Balaban J connectivity index is 1.99. The van der Waals surface area contributed by atoms with Gasteiger partial charge >= 0.3 is 0 Å². The van der Waals surface area contributed by atoms with E-state index in [1.807, 2.05) is 6.07 Å². The number of nitrogens with zero attached hydrogens (tertiary/aromatic N) is 1. The van der Waals surface area contributed by atoms with Crippen LogP contribution in [-0.4, -0.2) is 10.5 Å². The van der Waals surface area contributed by atoms with E-state index < -0.39 is 5.82 Å². The number of hydrogen-bond donors (Lipinski definition) is 1. The largest absolute Gasteiger partial charge is 0.340 e. The Labute approximate surface area is 125 Å². The number of aryl methyl sites for hydroxylation is 1. The maximum Gasteiger partial charge on any atom is 0.272 e. The summed E-state index contributed by atoms with van der Waals surface area (Å²) < 4.78 is 15.3. The smallest absolute Gasteiger partial charge is 0.272 e. The summed E-state index contributed by atoms with van der Waals surface area (Å²) in [6.45, 7) is 0. The lowest BCUT2D eigenvalue weighted by atomic mass is 10.2. The van der Waals surface area contributed by atoms with Gasteiger partial charge in [0, 0.05) is 23.0 Å². The van der Waals surface area contributed by atoms with Gasteiger partial charge in [0.05, 0.1) is 5.69 Å². The van der Waals surface area contributed by atoms with Crippen LogP contribution in [0, 0.1) is 5.82 Å². The Kier molecular flexibility index (Phi) is 3.39. The third-order valence-electron chi connectivity index (χ3n) is 3.36. The SMILES string of the molecule is Cn1c(C(=O)Nc2ccccc2F)cc2ccc(Cl)cc21. The van der Waals surface area contributed by atoms with Crippen molar-refractivity contribution in [2.24, 2.45) is 7.05 Å². The molecule has 3 aromatic rings. The first-order valence-corrected chi connectivity index (χ1v) is 6.75. The van der Waals surface area contributed by atoms with Crippen LogP contribution in [0.3, 0.4) is 0 Å². The molecule has 106 valence electrons. The normalized spacial score (nSPS) is 10.8. The number of hydrogen-bond acceptors (Lipinski definition) is 1. The van der Waals surface area contributed by atoms with Gasteiger partial charge in [-0.15, -0.1) is 0 Å². The lowest BCUT2D eigenvalue weighted by Gasteiger charge is -2.07. The Morgan fingerprint density at radius 3 is 2.71 bits per heavy atom. The highest BCUT2D eigenvalue weighted by Gasteiger charge is 2.15. The number of amides is 1. The summed E-state index contributed by atoms with van der Waals surface area (Å²) in [7, 11) is 1.77. The van der Waals surface area contributed by atoms with Crippen molar-refractivity contribution in [2.75, 3.05) is 5.32 Å². The van der Waals surface area contributed by atoms with E-state index in [1.165, 1.54) is 12.1 Å². The van der Waals surface area contributed by atoms with Crippen LogP contribution in [0.4, 0.5) is 10.1 Å². The van der Waals surface area contributed by atoms with Crippen LogP contribution in [0.5, 0.6) is 0 Å². The molecule has 21 heavy (non-hydrogen) atoms. The minimum Gasteiger partial charge on any atom is -0.340 e. The Morgan fingerprint density at radius 2 is 1.95 bits per heavy atom. The molecule has 0 aliphatic carbocycles. The van der Waals surface area contributed by atoms with Gasteiger partial charge in [-0.05, 0) is 30.3 Å². The third kappa shape index (κ3) is 2.50. The minimum atomic E-state index is -0.465. The molecule has 0 fully saturated rings. The summed E-state index contributed by atoms with van der Waals surface area (Å²) in [5.41, 5.74) is 1.45. The zero-order valence-corrected chi connectivity index (χ0v) is 12.0. The van der Waals surface area contributed by atoms with E-state index in [0.29, 0.717) is 10.7 Å². The first-order chi connectivity index (χ1) is 10.1. The van der Waals surface area contributed by atoms with E-state index in [0.717, 1.165) is 10.9 Å². The molecule has 1 heterocycles. The van der Waals surface area contributed by atoms with Crippen molar-refractivity contribution >= 4 is 34.1 Å². The molecular weight excluding hydrogens is 291 g/mol. The lowest BCUT2D eigenvalue weighted by Crippen LogP contribution is -2.16. The summed E-state index contributed by atoms with van der Waals surface area (Å²) in [5.74, 6) is -0.831. The molecule has 0 saturated carbocycles. The second kappa shape index (κ2) is 5.22. The van der Waals surface area contributed by atoms with Gasteiger partial charge in [-0.1, -0.05) is 29.8 Å². The molecule has 0 aliphatic heterocycles. The lowest BCUT2D eigenvalue weighted by molar-refractivity contribution is 0.101. The summed E-state index contributed by atoms with van der Waals surface area (Å²) in [6.07, 6.45) is 0. The fraction of sp³-hybridized carbons (Fsp3) is 0.0625. The second-order valence-corrected chi connectivity index (χ2v) is 5.16. The van der Waals surface area contributed by atoms with E-state index in [-0.39, 0.29) is 11.6 Å².